The standard InChI is InChI=1S/C23H24Cl2N4O7/c24-15-6-12(9-27-19(31)4-3-14-2-1-5-36-14)7-16(25)20(15)22(33)29-18(23(34)35)11-28-21(32)17-8-13(30)10-26-17/h1-7,13,17-18,26,30H,8-11H2,(H,27,31)(H,28,32)(H,29,33)(H,34,35)/t13-,17+,18-/m0/s1. The number of β-amino-alcohol motifs (C(OH)–C–C–N with tert-alkyl or cyclic N) is 1. The molecule has 1 aromatic carbocycles. The zero-order chi connectivity index (χ0) is 26.2. The molecular formula is C23H24Cl2N4O7. The summed E-state index contributed by atoms with van der Waals surface area (Å²) in [7, 11) is 0. The number of carbonyl (C=O) groups excluding carboxylic acids is 3. The normalized spacial score (nSPS) is 18.1. The van der Waals surface area contributed by atoms with Crippen LogP contribution in [-0.4, -0.2) is 65.2 Å². The molecule has 192 valence electrons. The first-order valence-electron chi connectivity index (χ1n) is 10.8. The first-order chi connectivity index (χ1) is 17.1. The molecule has 1 saturated heterocycles. The Hall–Kier alpha value is -3.38. The fourth-order valence-electron chi connectivity index (χ4n) is 3.41. The number of hydrogen-bond acceptors (Lipinski definition) is 7. The molecule has 0 radical (unpaired) electrons. The van der Waals surface area contributed by atoms with Gasteiger partial charge in [-0.15, -0.1) is 0 Å². The molecule has 0 spiro atoms. The lowest BCUT2D eigenvalue weighted by Crippen LogP contribution is -2.51. The number of amides is 3. The molecular weight excluding hydrogens is 515 g/mol. The molecule has 0 saturated carbocycles. The zero-order valence-corrected chi connectivity index (χ0v) is 20.3. The van der Waals surface area contributed by atoms with Gasteiger partial charge in [0.1, 0.15) is 11.8 Å². The Morgan fingerprint density at radius 3 is 2.50 bits per heavy atom. The van der Waals surface area contributed by atoms with E-state index in [0.29, 0.717) is 11.3 Å². The lowest BCUT2D eigenvalue weighted by molar-refractivity contribution is -0.139. The van der Waals surface area contributed by atoms with E-state index in [1.807, 2.05) is 0 Å². The van der Waals surface area contributed by atoms with Crippen LogP contribution < -0.4 is 21.3 Å². The molecule has 13 heteroatoms. The highest BCUT2D eigenvalue weighted by Gasteiger charge is 2.30. The van der Waals surface area contributed by atoms with Crippen LogP contribution in [0.3, 0.4) is 0 Å². The third kappa shape index (κ3) is 7.56. The number of carboxylic acids is 1. The number of benzene rings is 1. The van der Waals surface area contributed by atoms with Crippen molar-refractivity contribution in [1.82, 2.24) is 21.3 Å². The summed E-state index contributed by atoms with van der Waals surface area (Å²) in [4.78, 5) is 48.5. The van der Waals surface area contributed by atoms with Crippen molar-refractivity contribution in [2.75, 3.05) is 13.1 Å². The fraction of sp³-hybridized carbons (Fsp3) is 0.304. The summed E-state index contributed by atoms with van der Waals surface area (Å²) in [6.07, 6.45) is 3.81. The maximum Gasteiger partial charge on any atom is 0.328 e. The van der Waals surface area contributed by atoms with E-state index in [4.69, 9.17) is 27.6 Å². The molecule has 2 aromatic rings. The van der Waals surface area contributed by atoms with Crippen LogP contribution in [0, 0.1) is 0 Å². The summed E-state index contributed by atoms with van der Waals surface area (Å²) in [6, 6.07) is 4.12. The van der Waals surface area contributed by atoms with Crippen LogP contribution >= 0.6 is 23.2 Å². The van der Waals surface area contributed by atoms with Crippen molar-refractivity contribution in [2.24, 2.45) is 0 Å². The Morgan fingerprint density at radius 1 is 1.19 bits per heavy atom. The monoisotopic (exact) mass is 538 g/mol. The van der Waals surface area contributed by atoms with Crippen molar-refractivity contribution >= 4 is 53.0 Å². The van der Waals surface area contributed by atoms with Gasteiger partial charge in [-0.3, -0.25) is 14.4 Å². The van der Waals surface area contributed by atoms with Crippen molar-refractivity contribution in [2.45, 2.75) is 31.2 Å². The summed E-state index contributed by atoms with van der Waals surface area (Å²) >= 11 is 12.5. The van der Waals surface area contributed by atoms with E-state index in [-0.39, 0.29) is 41.7 Å². The Labute approximate surface area is 215 Å². The van der Waals surface area contributed by atoms with E-state index in [9.17, 15) is 29.4 Å². The summed E-state index contributed by atoms with van der Waals surface area (Å²) in [5.74, 6) is -2.60. The molecule has 11 nitrogen and oxygen atoms in total. The van der Waals surface area contributed by atoms with E-state index in [0.717, 1.165) is 0 Å². The van der Waals surface area contributed by atoms with Crippen molar-refractivity contribution < 1.29 is 33.8 Å². The van der Waals surface area contributed by atoms with Gasteiger partial charge in [-0.2, -0.15) is 0 Å². The molecule has 2 heterocycles. The second-order valence-electron chi connectivity index (χ2n) is 7.96. The molecule has 1 aromatic heterocycles. The van der Waals surface area contributed by atoms with Gasteiger partial charge in [0, 0.05) is 25.7 Å². The second-order valence-corrected chi connectivity index (χ2v) is 8.78. The summed E-state index contributed by atoms with van der Waals surface area (Å²) in [5.41, 5.74) is 0.360. The molecule has 3 amide bonds. The van der Waals surface area contributed by atoms with Crippen molar-refractivity contribution in [3.8, 4) is 0 Å². The SMILES string of the molecule is O=C(C=Cc1ccco1)NCc1cc(Cl)c(C(=O)N[C@@H](CNC(=O)[C@H]2C[C@H](O)CN2)C(=O)O)c(Cl)c1. The van der Waals surface area contributed by atoms with Crippen molar-refractivity contribution in [1.29, 1.82) is 0 Å². The van der Waals surface area contributed by atoms with Crippen LogP contribution in [0.2, 0.25) is 10.0 Å². The molecule has 0 unspecified atom stereocenters. The second kappa shape index (κ2) is 12.5. The van der Waals surface area contributed by atoms with E-state index in [2.05, 4.69) is 21.3 Å². The molecule has 3 rings (SSSR count). The van der Waals surface area contributed by atoms with Crippen molar-refractivity contribution in [3.05, 3.63) is 63.5 Å². The highest BCUT2D eigenvalue weighted by molar-refractivity contribution is 6.39. The van der Waals surface area contributed by atoms with Crippen molar-refractivity contribution in [3.63, 3.8) is 0 Å². The third-order valence-corrected chi connectivity index (χ3v) is 5.84. The number of furan rings is 1. The summed E-state index contributed by atoms with van der Waals surface area (Å²) < 4.78 is 5.10. The van der Waals surface area contributed by atoms with Gasteiger partial charge in [0.25, 0.3) is 5.91 Å². The van der Waals surface area contributed by atoms with E-state index in [1.165, 1.54) is 30.5 Å². The first kappa shape index (κ1) is 27.2. The first-order valence-corrected chi connectivity index (χ1v) is 11.6. The topological polar surface area (TPSA) is 170 Å². The fourth-order valence-corrected chi connectivity index (χ4v) is 4.11. The zero-order valence-electron chi connectivity index (χ0n) is 18.8. The Kier molecular flexibility index (Phi) is 9.48. The maximum absolute atomic E-state index is 12.7. The van der Waals surface area contributed by atoms with Crippen LogP contribution in [0.4, 0.5) is 0 Å². The lowest BCUT2D eigenvalue weighted by Gasteiger charge is -2.18. The summed E-state index contributed by atoms with van der Waals surface area (Å²) in [5, 5.41) is 29.1. The summed E-state index contributed by atoms with van der Waals surface area (Å²) in [6.45, 7) is -0.0646. The maximum atomic E-state index is 12.7. The van der Waals surface area contributed by atoms with Gasteiger partial charge in [-0.05, 0) is 42.3 Å². The highest BCUT2D eigenvalue weighted by Crippen LogP contribution is 2.27. The molecule has 1 fully saturated rings. The van der Waals surface area contributed by atoms with Gasteiger partial charge >= 0.3 is 5.97 Å². The Bertz CT molecular complexity index is 1130. The number of carboxylic acid groups (broad SMARTS) is 1. The molecule has 36 heavy (non-hydrogen) atoms. The molecule has 6 N–H and O–H groups in total. The van der Waals surface area contributed by atoms with Gasteiger partial charge in [-0.25, -0.2) is 4.79 Å². The van der Waals surface area contributed by atoms with Gasteiger partial charge < -0.3 is 35.9 Å². The highest BCUT2D eigenvalue weighted by atomic mass is 35.5. The smallest absolute Gasteiger partial charge is 0.328 e. The molecule has 1 aliphatic rings. The molecule has 0 aliphatic carbocycles. The van der Waals surface area contributed by atoms with Crippen LogP contribution in [-0.2, 0) is 20.9 Å². The molecule has 3 atom stereocenters. The number of halogens is 2. The number of rotatable bonds is 10. The quantitative estimate of drug-likeness (QED) is 0.242. The Balaban J connectivity index is 1.57. The molecule has 0 bridgehead atoms. The minimum Gasteiger partial charge on any atom is -0.480 e. The van der Waals surface area contributed by atoms with Crippen LogP contribution in [0.5, 0.6) is 0 Å². The largest absolute Gasteiger partial charge is 0.480 e. The van der Waals surface area contributed by atoms with E-state index >= 15 is 0 Å². The minimum atomic E-state index is -1.46. The van der Waals surface area contributed by atoms with Gasteiger partial charge in [0.15, 0.2) is 0 Å². The number of aliphatic hydroxyl groups excluding tert-OH is 1. The number of hydrogen-bond donors (Lipinski definition) is 6. The van der Waals surface area contributed by atoms with Gasteiger partial charge in [0.2, 0.25) is 11.8 Å². The van der Waals surface area contributed by atoms with Crippen LogP contribution in [0.15, 0.2) is 41.0 Å². The number of aliphatic carboxylic acids is 1. The average Bonchev–Trinajstić information content (AvgIpc) is 3.50. The van der Waals surface area contributed by atoms with E-state index in [1.54, 1.807) is 12.1 Å². The Morgan fingerprint density at radius 2 is 1.92 bits per heavy atom. The third-order valence-electron chi connectivity index (χ3n) is 5.25. The van der Waals surface area contributed by atoms with Gasteiger partial charge in [0.05, 0.1) is 34.0 Å². The van der Waals surface area contributed by atoms with Crippen LogP contribution in [0.1, 0.15) is 28.1 Å². The van der Waals surface area contributed by atoms with Gasteiger partial charge in [-0.1, -0.05) is 23.2 Å². The molecule has 1 aliphatic heterocycles. The number of aliphatic hydroxyl groups is 1. The predicted molar refractivity (Wildman–Crippen MR) is 130 cm³/mol. The number of carbonyl (C=O) groups is 4. The number of nitrogens with one attached hydrogen (secondary N) is 4. The minimum absolute atomic E-state index is 0.0484. The van der Waals surface area contributed by atoms with Crippen LogP contribution in [0.25, 0.3) is 6.08 Å². The predicted octanol–water partition coefficient (Wildman–Crippen LogP) is 0.938. The van der Waals surface area contributed by atoms with E-state index < -0.39 is 41.9 Å². The average molecular weight is 539 g/mol. The lowest BCUT2D eigenvalue weighted by atomic mass is 10.1.